The molecule has 0 amide bonds. The fourth-order valence-corrected chi connectivity index (χ4v) is 2.42. The van der Waals surface area contributed by atoms with Gasteiger partial charge < -0.3 is 9.84 Å². The minimum absolute atomic E-state index is 0.147. The highest BCUT2D eigenvalue weighted by molar-refractivity contribution is 6.47. The number of hydrogen-bond acceptors (Lipinski definition) is 4. The number of carbonyl (C=O) groups excluding carboxylic acids is 1. The Morgan fingerprint density at radius 2 is 2.16 bits per heavy atom. The van der Waals surface area contributed by atoms with Crippen LogP contribution in [0.5, 0.6) is 0 Å². The summed E-state index contributed by atoms with van der Waals surface area (Å²) in [5.74, 6) is -0.0641. The van der Waals surface area contributed by atoms with Crippen molar-refractivity contribution in [1.29, 1.82) is 0 Å². The molecule has 0 saturated carbocycles. The van der Waals surface area contributed by atoms with Gasteiger partial charge in [-0.2, -0.15) is 5.10 Å². The summed E-state index contributed by atoms with van der Waals surface area (Å²) in [7, 11) is 0. The Morgan fingerprint density at radius 1 is 1.32 bits per heavy atom. The third-order valence-corrected chi connectivity index (χ3v) is 3.43. The predicted molar refractivity (Wildman–Crippen MR) is 72.7 cm³/mol. The number of Topliss-reactive ketones (excluding diaryl/α,β-unsaturated/α-hetero) is 1. The van der Waals surface area contributed by atoms with E-state index in [1.807, 2.05) is 24.3 Å². The van der Waals surface area contributed by atoms with Crippen LogP contribution in [-0.4, -0.2) is 18.0 Å². The summed E-state index contributed by atoms with van der Waals surface area (Å²) in [5, 5.41) is 4.72. The first-order valence-corrected chi connectivity index (χ1v) is 6.28. The molecule has 0 aliphatic carbocycles. The molecule has 1 N–H and O–H groups in total. The van der Waals surface area contributed by atoms with Gasteiger partial charge in [-0.05, 0) is 23.8 Å². The van der Waals surface area contributed by atoms with E-state index >= 15 is 0 Å². The van der Waals surface area contributed by atoms with Crippen LogP contribution in [0.1, 0.15) is 22.0 Å². The van der Waals surface area contributed by atoms with E-state index in [1.54, 1.807) is 12.1 Å². The molecule has 1 aliphatic rings. The quantitative estimate of drug-likeness (QED) is 0.876. The molecule has 0 bridgehead atoms. The normalized spacial score (nSPS) is 17.9. The van der Waals surface area contributed by atoms with E-state index in [0.29, 0.717) is 23.0 Å². The lowest BCUT2D eigenvalue weighted by Gasteiger charge is -2.12. The maximum absolute atomic E-state index is 12.3. The average Bonchev–Trinajstić information content (AvgIpc) is 3.10. The lowest BCUT2D eigenvalue weighted by molar-refractivity contribution is 0.103. The highest BCUT2D eigenvalue weighted by Gasteiger charge is 2.31. The van der Waals surface area contributed by atoms with Crippen molar-refractivity contribution in [3.05, 3.63) is 59.0 Å². The van der Waals surface area contributed by atoms with Gasteiger partial charge in [0.05, 0.1) is 12.2 Å². The molecule has 3 rings (SSSR count). The van der Waals surface area contributed by atoms with E-state index in [0.717, 1.165) is 5.56 Å². The van der Waals surface area contributed by atoms with Crippen molar-refractivity contribution in [1.82, 2.24) is 5.43 Å². The van der Waals surface area contributed by atoms with Gasteiger partial charge in [-0.3, -0.25) is 4.79 Å². The zero-order valence-corrected chi connectivity index (χ0v) is 10.7. The molecule has 1 aliphatic heterocycles. The highest BCUT2D eigenvalue weighted by Crippen LogP contribution is 2.28. The Labute approximate surface area is 115 Å². The second-order valence-electron chi connectivity index (χ2n) is 4.24. The Kier molecular flexibility index (Phi) is 3.09. The Bertz CT molecular complexity index is 635. The molecule has 5 heteroatoms. The number of ketones is 1. The number of nitrogens with zero attached hydrogens (tertiary/aromatic N) is 1. The SMILES string of the molecule is O=C(C1=NNCC1c1ccccc1Cl)c1ccco1. The van der Waals surface area contributed by atoms with Crippen LogP contribution in [0.2, 0.25) is 5.02 Å². The summed E-state index contributed by atoms with van der Waals surface area (Å²) in [4.78, 5) is 12.3. The molecule has 0 fully saturated rings. The van der Waals surface area contributed by atoms with Gasteiger partial charge in [0.2, 0.25) is 5.78 Å². The molecule has 1 unspecified atom stereocenters. The molecule has 0 saturated heterocycles. The number of hydrogen-bond donors (Lipinski definition) is 1. The smallest absolute Gasteiger partial charge is 0.244 e. The van der Waals surface area contributed by atoms with Crippen molar-refractivity contribution >= 4 is 23.1 Å². The number of halogens is 1. The van der Waals surface area contributed by atoms with Crippen molar-refractivity contribution in [2.24, 2.45) is 5.10 Å². The molecule has 2 aromatic rings. The van der Waals surface area contributed by atoms with Crippen molar-refractivity contribution in [2.45, 2.75) is 5.92 Å². The first-order valence-electron chi connectivity index (χ1n) is 5.90. The molecule has 2 heterocycles. The van der Waals surface area contributed by atoms with E-state index < -0.39 is 0 Å². The summed E-state index contributed by atoms with van der Waals surface area (Å²) in [6.07, 6.45) is 1.47. The van der Waals surface area contributed by atoms with Crippen molar-refractivity contribution in [2.75, 3.05) is 6.54 Å². The van der Waals surface area contributed by atoms with E-state index in [-0.39, 0.29) is 11.7 Å². The van der Waals surface area contributed by atoms with Gasteiger partial charge in [-0.25, -0.2) is 0 Å². The minimum atomic E-state index is -0.208. The minimum Gasteiger partial charge on any atom is -0.461 e. The van der Waals surface area contributed by atoms with Gasteiger partial charge in [0.25, 0.3) is 0 Å². The van der Waals surface area contributed by atoms with E-state index in [9.17, 15) is 4.79 Å². The molecule has 1 aromatic carbocycles. The van der Waals surface area contributed by atoms with Crippen LogP contribution in [0, 0.1) is 0 Å². The third kappa shape index (κ3) is 2.15. The van der Waals surface area contributed by atoms with Gasteiger partial charge in [0, 0.05) is 11.6 Å². The molecular formula is C14H11ClN2O2. The lowest BCUT2D eigenvalue weighted by Crippen LogP contribution is -2.21. The number of rotatable bonds is 3. The molecule has 0 radical (unpaired) electrons. The summed E-state index contributed by atoms with van der Waals surface area (Å²) in [6, 6.07) is 10.8. The topological polar surface area (TPSA) is 54.6 Å². The Morgan fingerprint density at radius 3 is 2.89 bits per heavy atom. The number of carbonyl (C=O) groups is 1. The number of furan rings is 1. The average molecular weight is 275 g/mol. The van der Waals surface area contributed by atoms with Crippen molar-refractivity contribution in [3.63, 3.8) is 0 Å². The Balaban J connectivity index is 1.94. The number of nitrogens with one attached hydrogen (secondary N) is 1. The van der Waals surface area contributed by atoms with Gasteiger partial charge >= 0.3 is 0 Å². The molecule has 4 nitrogen and oxygen atoms in total. The van der Waals surface area contributed by atoms with Crippen LogP contribution in [0.15, 0.2) is 52.2 Å². The Hall–Kier alpha value is -2.07. The van der Waals surface area contributed by atoms with Gasteiger partial charge in [-0.1, -0.05) is 29.8 Å². The van der Waals surface area contributed by atoms with Crippen molar-refractivity contribution < 1.29 is 9.21 Å². The van der Waals surface area contributed by atoms with Gasteiger partial charge in [0.15, 0.2) is 5.76 Å². The van der Waals surface area contributed by atoms with E-state index in [1.165, 1.54) is 6.26 Å². The second-order valence-corrected chi connectivity index (χ2v) is 4.65. The first kappa shape index (κ1) is 12.0. The van der Waals surface area contributed by atoms with Crippen molar-refractivity contribution in [3.8, 4) is 0 Å². The summed E-state index contributed by atoms with van der Waals surface area (Å²) < 4.78 is 5.13. The fraction of sp³-hybridized carbons (Fsp3) is 0.143. The van der Waals surface area contributed by atoms with Gasteiger partial charge in [-0.15, -0.1) is 0 Å². The second kappa shape index (κ2) is 4.90. The third-order valence-electron chi connectivity index (χ3n) is 3.08. The van der Waals surface area contributed by atoms with Crippen LogP contribution < -0.4 is 5.43 Å². The summed E-state index contributed by atoms with van der Waals surface area (Å²) in [6.45, 7) is 0.561. The van der Waals surface area contributed by atoms with Gasteiger partial charge in [0.1, 0.15) is 5.71 Å². The number of benzene rings is 1. The van der Waals surface area contributed by atoms with Crippen LogP contribution in [0.25, 0.3) is 0 Å². The molecule has 1 atom stereocenters. The summed E-state index contributed by atoms with van der Waals surface area (Å²) in [5.41, 5.74) is 4.19. The standard InChI is InChI=1S/C14H11ClN2O2/c15-11-5-2-1-4-9(11)10-8-16-17-13(10)14(18)12-6-3-7-19-12/h1-7,10,16H,8H2. The maximum Gasteiger partial charge on any atom is 0.244 e. The van der Waals surface area contributed by atoms with Crippen LogP contribution in [0.4, 0.5) is 0 Å². The molecule has 1 aromatic heterocycles. The molecular weight excluding hydrogens is 264 g/mol. The molecule has 0 spiro atoms. The van der Waals surface area contributed by atoms with Crippen LogP contribution >= 0.6 is 11.6 Å². The lowest BCUT2D eigenvalue weighted by atomic mass is 9.92. The van der Waals surface area contributed by atoms with E-state index in [2.05, 4.69) is 10.5 Å². The molecule has 96 valence electrons. The maximum atomic E-state index is 12.3. The monoisotopic (exact) mass is 274 g/mol. The van der Waals surface area contributed by atoms with E-state index in [4.69, 9.17) is 16.0 Å². The summed E-state index contributed by atoms with van der Waals surface area (Å²) >= 11 is 6.18. The fourth-order valence-electron chi connectivity index (χ4n) is 2.15. The highest BCUT2D eigenvalue weighted by atomic mass is 35.5. The van der Waals surface area contributed by atoms with Crippen LogP contribution in [-0.2, 0) is 0 Å². The zero-order valence-electron chi connectivity index (χ0n) is 9.97. The number of hydrazone groups is 1. The zero-order chi connectivity index (χ0) is 13.2. The largest absolute Gasteiger partial charge is 0.461 e. The predicted octanol–water partition coefficient (Wildman–Crippen LogP) is 2.86. The first-order chi connectivity index (χ1) is 9.27. The molecule has 19 heavy (non-hydrogen) atoms. The van der Waals surface area contributed by atoms with Crippen LogP contribution in [0.3, 0.4) is 0 Å².